The number of carbonyl (C=O) groups excluding carboxylic acids is 1. The number of thiazole rings is 1. The molecule has 3 rings (SSSR count). The lowest BCUT2D eigenvalue weighted by atomic mass is 10.1. The first-order chi connectivity index (χ1) is 11.9. The zero-order chi connectivity index (χ0) is 18.1. The highest BCUT2D eigenvalue weighted by Crippen LogP contribution is 2.28. The first-order valence-electron chi connectivity index (χ1n) is 8.42. The van der Waals surface area contributed by atoms with E-state index in [-0.39, 0.29) is 17.5 Å². The van der Waals surface area contributed by atoms with Gasteiger partial charge in [0.15, 0.2) is 0 Å². The van der Waals surface area contributed by atoms with Gasteiger partial charge in [-0.1, -0.05) is 0 Å². The van der Waals surface area contributed by atoms with Gasteiger partial charge in [-0.15, -0.1) is 11.3 Å². The van der Waals surface area contributed by atoms with Crippen LogP contribution in [0.2, 0.25) is 0 Å². The molecule has 1 amide bonds. The van der Waals surface area contributed by atoms with E-state index < -0.39 is 0 Å². The minimum Gasteiger partial charge on any atom is -0.348 e. The zero-order valence-corrected chi connectivity index (χ0v) is 15.8. The molecule has 0 aromatic carbocycles. The van der Waals surface area contributed by atoms with Gasteiger partial charge in [0, 0.05) is 13.1 Å². The largest absolute Gasteiger partial charge is 0.348 e. The summed E-state index contributed by atoms with van der Waals surface area (Å²) in [6.45, 7) is 7.38. The van der Waals surface area contributed by atoms with Crippen molar-refractivity contribution in [3.63, 3.8) is 0 Å². The van der Waals surface area contributed by atoms with Crippen molar-refractivity contribution < 1.29 is 4.79 Å². The van der Waals surface area contributed by atoms with Crippen LogP contribution >= 0.6 is 11.3 Å². The van der Waals surface area contributed by atoms with E-state index in [0.29, 0.717) is 21.1 Å². The molecule has 2 aromatic heterocycles. The number of hydrogen-bond donors (Lipinski definition) is 2. The molecule has 0 unspecified atom stereocenters. The summed E-state index contributed by atoms with van der Waals surface area (Å²) in [7, 11) is 1.63. The number of hydrogen-bond acceptors (Lipinski definition) is 6. The van der Waals surface area contributed by atoms with Crippen LogP contribution in [-0.2, 0) is 7.05 Å². The fraction of sp³-hybridized carbons (Fsp3) is 0.529. The van der Waals surface area contributed by atoms with Crippen LogP contribution in [-0.4, -0.2) is 39.8 Å². The van der Waals surface area contributed by atoms with E-state index in [4.69, 9.17) is 0 Å². The predicted octanol–water partition coefficient (Wildman–Crippen LogP) is 1.31. The maximum Gasteiger partial charge on any atom is 0.277 e. The second kappa shape index (κ2) is 7.05. The topological polar surface area (TPSA) is 88.9 Å². The molecule has 1 saturated heterocycles. The van der Waals surface area contributed by atoms with Gasteiger partial charge in [0.1, 0.15) is 9.88 Å². The molecule has 2 aromatic rings. The Morgan fingerprint density at radius 1 is 1.24 bits per heavy atom. The molecular formula is C17H23N5O2S. The van der Waals surface area contributed by atoms with Crippen molar-refractivity contribution in [2.45, 2.75) is 39.7 Å². The van der Waals surface area contributed by atoms with Crippen LogP contribution < -0.4 is 16.2 Å². The third kappa shape index (κ3) is 3.50. The van der Waals surface area contributed by atoms with Gasteiger partial charge in [-0.05, 0) is 52.3 Å². The summed E-state index contributed by atoms with van der Waals surface area (Å²) in [5.74, 6) is -0.103. The van der Waals surface area contributed by atoms with E-state index in [1.54, 1.807) is 7.05 Å². The van der Waals surface area contributed by atoms with Crippen molar-refractivity contribution >= 4 is 17.2 Å². The number of nitrogens with one attached hydrogen (secondary N) is 2. The molecule has 0 radical (unpaired) electrons. The summed E-state index contributed by atoms with van der Waals surface area (Å²) in [6.07, 6.45) is 1.86. The lowest BCUT2D eigenvalue weighted by Gasteiger charge is -2.23. The van der Waals surface area contributed by atoms with Crippen LogP contribution in [0.1, 0.15) is 39.5 Å². The third-order valence-electron chi connectivity index (χ3n) is 4.62. The molecule has 8 heteroatoms. The lowest BCUT2D eigenvalue weighted by Crippen LogP contribution is -2.42. The summed E-state index contributed by atoms with van der Waals surface area (Å²) in [5.41, 5.74) is 2.58. The quantitative estimate of drug-likeness (QED) is 0.860. The highest BCUT2D eigenvalue weighted by molar-refractivity contribution is 7.17. The van der Waals surface area contributed by atoms with Gasteiger partial charge in [0.25, 0.3) is 11.5 Å². The van der Waals surface area contributed by atoms with E-state index in [2.05, 4.69) is 20.7 Å². The minimum absolute atomic E-state index is 0.103. The maximum atomic E-state index is 12.6. The normalized spacial score (nSPS) is 15.4. The molecule has 25 heavy (non-hydrogen) atoms. The predicted molar refractivity (Wildman–Crippen MR) is 98.2 cm³/mol. The summed E-state index contributed by atoms with van der Waals surface area (Å²) in [4.78, 5) is 30.2. The molecule has 0 aliphatic carbocycles. The van der Waals surface area contributed by atoms with E-state index in [1.165, 1.54) is 16.0 Å². The Kier molecular flexibility index (Phi) is 5.01. The molecule has 134 valence electrons. The van der Waals surface area contributed by atoms with Crippen molar-refractivity contribution in [2.24, 2.45) is 7.05 Å². The molecular weight excluding hydrogens is 338 g/mol. The fourth-order valence-electron chi connectivity index (χ4n) is 3.03. The first-order valence-corrected chi connectivity index (χ1v) is 9.24. The first kappa shape index (κ1) is 17.8. The third-order valence-corrected chi connectivity index (χ3v) is 5.79. The van der Waals surface area contributed by atoms with E-state index in [0.717, 1.165) is 37.2 Å². The number of carbonyl (C=O) groups is 1. The summed E-state index contributed by atoms with van der Waals surface area (Å²) in [5, 5.41) is 11.1. The average Bonchev–Trinajstić information content (AvgIpc) is 2.96. The monoisotopic (exact) mass is 361 g/mol. The molecule has 1 aliphatic heterocycles. The van der Waals surface area contributed by atoms with E-state index in [9.17, 15) is 9.59 Å². The van der Waals surface area contributed by atoms with E-state index >= 15 is 0 Å². The van der Waals surface area contributed by atoms with Gasteiger partial charge in [0.05, 0.1) is 17.0 Å². The molecule has 0 saturated carbocycles. The second-order valence-electron chi connectivity index (χ2n) is 6.45. The second-order valence-corrected chi connectivity index (χ2v) is 7.44. The van der Waals surface area contributed by atoms with Crippen LogP contribution in [0.15, 0.2) is 4.79 Å². The van der Waals surface area contributed by atoms with Gasteiger partial charge >= 0.3 is 0 Å². The SMILES string of the molecule is Cc1nc(-c2c(C)c(C)nn(C)c2=O)sc1C(=O)NC1CCNCC1. The van der Waals surface area contributed by atoms with Crippen molar-refractivity contribution in [3.05, 3.63) is 32.2 Å². The number of piperidine rings is 1. The van der Waals surface area contributed by atoms with Crippen LogP contribution in [0.5, 0.6) is 0 Å². The molecule has 0 atom stereocenters. The molecule has 2 N–H and O–H groups in total. The van der Waals surface area contributed by atoms with Crippen molar-refractivity contribution in [1.82, 2.24) is 25.4 Å². The number of amides is 1. The smallest absolute Gasteiger partial charge is 0.277 e. The van der Waals surface area contributed by atoms with Crippen LogP contribution in [0.4, 0.5) is 0 Å². The van der Waals surface area contributed by atoms with Crippen molar-refractivity contribution in [3.8, 4) is 10.6 Å². The average molecular weight is 361 g/mol. The number of aromatic nitrogens is 3. The Hall–Kier alpha value is -2.06. The Labute approximate surface area is 150 Å². The number of aryl methyl sites for hydroxylation is 3. The Bertz CT molecular complexity index is 865. The highest BCUT2D eigenvalue weighted by atomic mass is 32.1. The molecule has 1 fully saturated rings. The minimum atomic E-state index is -0.192. The number of rotatable bonds is 3. The van der Waals surface area contributed by atoms with Gasteiger partial charge in [-0.2, -0.15) is 5.10 Å². The van der Waals surface area contributed by atoms with Crippen LogP contribution in [0, 0.1) is 20.8 Å². The fourth-order valence-corrected chi connectivity index (χ4v) is 4.09. The standard InChI is InChI=1S/C17H23N5O2S/c1-9-10(2)21-22(4)17(24)13(9)16-19-11(3)14(25-16)15(23)20-12-5-7-18-8-6-12/h12,18H,5-8H2,1-4H3,(H,20,23). The zero-order valence-electron chi connectivity index (χ0n) is 15.0. The van der Waals surface area contributed by atoms with Crippen LogP contribution in [0.3, 0.4) is 0 Å². The highest BCUT2D eigenvalue weighted by Gasteiger charge is 2.23. The Morgan fingerprint density at radius 2 is 1.92 bits per heavy atom. The molecule has 0 spiro atoms. The molecule has 1 aliphatic rings. The maximum absolute atomic E-state index is 12.6. The van der Waals surface area contributed by atoms with Gasteiger partial charge in [-0.3, -0.25) is 9.59 Å². The van der Waals surface area contributed by atoms with Crippen molar-refractivity contribution in [1.29, 1.82) is 0 Å². The van der Waals surface area contributed by atoms with Gasteiger partial charge < -0.3 is 10.6 Å². The lowest BCUT2D eigenvalue weighted by molar-refractivity contribution is 0.0933. The van der Waals surface area contributed by atoms with Crippen molar-refractivity contribution in [2.75, 3.05) is 13.1 Å². The van der Waals surface area contributed by atoms with Gasteiger partial charge in [-0.25, -0.2) is 9.67 Å². The molecule has 7 nitrogen and oxygen atoms in total. The Balaban J connectivity index is 1.93. The number of nitrogens with zero attached hydrogens (tertiary/aromatic N) is 3. The summed E-state index contributed by atoms with van der Waals surface area (Å²) < 4.78 is 1.32. The van der Waals surface area contributed by atoms with Gasteiger partial charge in [0.2, 0.25) is 0 Å². The van der Waals surface area contributed by atoms with E-state index in [1.807, 2.05) is 20.8 Å². The summed E-state index contributed by atoms with van der Waals surface area (Å²) >= 11 is 1.28. The van der Waals surface area contributed by atoms with Crippen LogP contribution in [0.25, 0.3) is 10.6 Å². The molecule has 0 bridgehead atoms. The summed E-state index contributed by atoms with van der Waals surface area (Å²) in [6, 6.07) is 0.191. The Morgan fingerprint density at radius 3 is 2.60 bits per heavy atom. The molecule has 3 heterocycles.